The molecule has 1 aromatic heterocycles. The highest BCUT2D eigenvalue weighted by atomic mass is 32.2. The van der Waals surface area contributed by atoms with Crippen LogP contribution in [0.15, 0.2) is 5.03 Å². The number of unbranched alkanes of at least 4 members (excludes halogenated alkanes) is 2. The lowest BCUT2D eigenvalue weighted by atomic mass is 10.3. The molecule has 96 valence electrons. The van der Waals surface area contributed by atoms with Crippen molar-refractivity contribution >= 4 is 17.6 Å². The van der Waals surface area contributed by atoms with Gasteiger partial charge in [0.05, 0.1) is 0 Å². The van der Waals surface area contributed by atoms with E-state index in [9.17, 15) is 0 Å². The highest BCUT2D eigenvalue weighted by Crippen LogP contribution is 2.24. The van der Waals surface area contributed by atoms with Gasteiger partial charge < -0.3 is 5.73 Å². The van der Waals surface area contributed by atoms with Gasteiger partial charge in [-0.15, -0.1) is 11.8 Å². The number of anilines is 1. The monoisotopic (exact) mass is 253 g/mol. The Morgan fingerprint density at radius 2 is 1.88 bits per heavy atom. The lowest BCUT2D eigenvalue weighted by Gasteiger charge is -2.09. The molecule has 0 unspecified atom stereocenters. The van der Waals surface area contributed by atoms with Gasteiger partial charge in [0.1, 0.15) is 16.7 Å². The Labute approximate surface area is 109 Å². The first-order valence-corrected chi connectivity index (χ1v) is 7.43. The molecule has 0 radical (unpaired) electrons. The SMILES string of the molecule is CCCCCSc1nc(CCC)nc(N)c1C. The standard InChI is InChI=1S/C13H23N3S/c1-4-6-7-9-17-13-10(3)12(14)15-11(16-13)8-5-2/h4-9H2,1-3H3,(H2,14,15,16). The lowest BCUT2D eigenvalue weighted by molar-refractivity contribution is 0.775. The molecule has 0 bridgehead atoms. The van der Waals surface area contributed by atoms with Crippen molar-refractivity contribution < 1.29 is 0 Å². The van der Waals surface area contributed by atoms with Crippen LogP contribution in [0.1, 0.15) is 50.9 Å². The normalized spacial score (nSPS) is 10.8. The van der Waals surface area contributed by atoms with Gasteiger partial charge in [-0.25, -0.2) is 9.97 Å². The molecule has 0 saturated heterocycles. The number of hydrogen-bond donors (Lipinski definition) is 1. The van der Waals surface area contributed by atoms with E-state index in [2.05, 4.69) is 23.8 Å². The first kappa shape index (κ1) is 14.3. The Balaban J connectivity index is 2.68. The maximum atomic E-state index is 5.92. The molecule has 1 aromatic rings. The molecule has 0 aliphatic carbocycles. The summed E-state index contributed by atoms with van der Waals surface area (Å²) in [4.78, 5) is 8.91. The molecular formula is C13H23N3S. The summed E-state index contributed by atoms with van der Waals surface area (Å²) in [5, 5.41) is 1.07. The number of hydrogen-bond acceptors (Lipinski definition) is 4. The Hall–Kier alpha value is -0.770. The number of aryl methyl sites for hydroxylation is 1. The largest absolute Gasteiger partial charge is 0.383 e. The maximum Gasteiger partial charge on any atom is 0.132 e. The second-order valence-corrected chi connectivity index (χ2v) is 5.34. The minimum atomic E-state index is 0.640. The maximum absolute atomic E-state index is 5.92. The highest BCUT2D eigenvalue weighted by Gasteiger charge is 2.08. The molecule has 1 rings (SSSR count). The minimum Gasteiger partial charge on any atom is -0.383 e. The van der Waals surface area contributed by atoms with E-state index in [1.807, 2.05) is 18.7 Å². The molecular weight excluding hydrogens is 230 g/mol. The van der Waals surface area contributed by atoms with Crippen molar-refractivity contribution in [1.82, 2.24) is 9.97 Å². The van der Waals surface area contributed by atoms with Gasteiger partial charge in [-0.1, -0.05) is 26.7 Å². The van der Waals surface area contributed by atoms with Gasteiger partial charge in [0.15, 0.2) is 0 Å². The van der Waals surface area contributed by atoms with Gasteiger partial charge in [0.25, 0.3) is 0 Å². The summed E-state index contributed by atoms with van der Waals surface area (Å²) >= 11 is 1.81. The fourth-order valence-corrected chi connectivity index (χ4v) is 2.59. The molecule has 17 heavy (non-hydrogen) atoms. The molecule has 0 aliphatic rings. The van der Waals surface area contributed by atoms with Crippen molar-refractivity contribution in [3.05, 3.63) is 11.4 Å². The van der Waals surface area contributed by atoms with E-state index in [1.54, 1.807) is 0 Å². The summed E-state index contributed by atoms with van der Waals surface area (Å²) in [5.41, 5.74) is 6.95. The third kappa shape index (κ3) is 4.54. The van der Waals surface area contributed by atoms with E-state index in [0.717, 1.165) is 35.0 Å². The van der Waals surface area contributed by atoms with Crippen molar-refractivity contribution in [2.24, 2.45) is 0 Å². The van der Waals surface area contributed by atoms with Gasteiger partial charge in [0, 0.05) is 12.0 Å². The van der Waals surface area contributed by atoms with Crippen molar-refractivity contribution in [3.8, 4) is 0 Å². The third-order valence-electron chi connectivity index (χ3n) is 2.65. The fraction of sp³-hybridized carbons (Fsp3) is 0.692. The van der Waals surface area contributed by atoms with Crippen LogP contribution in [0.4, 0.5) is 5.82 Å². The molecule has 2 N–H and O–H groups in total. The van der Waals surface area contributed by atoms with Gasteiger partial charge in [0.2, 0.25) is 0 Å². The van der Waals surface area contributed by atoms with E-state index < -0.39 is 0 Å². The van der Waals surface area contributed by atoms with Crippen molar-refractivity contribution in [2.45, 2.75) is 57.9 Å². The quantitative estimate of drug-likeness (QED) is 0.458. The molecule has 0 spiro atoms. The topological polar surface area (TPSA) is 51.8 Å². The summed E-state index contributed by atoms with van der Waals surface area (Å²) in [7, 11) is 0. The predicted octanol–water partition coefficient (Wildman–Crippen LogP) is 3.60. The van der Waals surface area contributed by atoms with E-state index in [-0.39, 0.29) is 0 Å². The first-order chi connectivity index (χ1) is 8.19. The second-order valence-electron chi connectivity index (χ2n) is 4.26. The summed E-state index contributed by atoms with van der Waals surface area (Å²) in [5.74, 6) is 2.64. The molecule has 0 aromatic carbocycles. The minimum absolute atomic E-state index is 0.640. The van der Waals surface area contributed by atoms with Crippen molar-refractivity contribution in [1.29, 1.82) is 0 Å². The smallest absolute Gasteiger partial charge is 0.132 e. The molecule has 0 fully saturated rings. The van der Waals surface area contributed by atoms with Crippen LogP contribution in [0.5, 0.6) is 0 Å². The summed E-state index contributed by atoms with van der Waals surface area (Å²) in [6.07, 6.45) is 5.75. The van der Waals surface area contributed by atoms with Gasteiger partial charge in [-0.05, 0) is 25.5 Å². The van der Waals surface area contributed by atoms with E-state index in [1.165, 1.54) is 19.3 Å². The number of aromatic nitrogens is 2. The Kier molecular flexibility index (Phi) is 6.34. The zero-order valence-electron chi connectivity index (χ0n) is 11.1. The highest BCUT2D eigenvalue weighted by molar-refractivity contribution is 7.99. The Morgan fingerprint density at radius 1 is 1.12 bits per heavy atom. The average Bonchev–Trinajstić information content (AvgIpc) is 2.31. The zero-order chi connectivity index (χ0) is 12.7. The summed E-state index contributed by atoms with van der Waals surface area (Å²) < 4.78 is 0. The molecule has 0 saturated carbocycles. The van der Waals surface area contributed by atoms with Crippen LogP contribution >= 0.6 is 11.8 Å². The number of nitrogens with two attached hydrogens (primary N) is 1. The van der Waals surface area contributed by atoms with E-state index >= 15 is 0 Å². The van der Waals surface area contributed by atoms with Crippen LogP contribution in [-0.4, -0.2) is 15.7 Å². The Morgan fingerprint density at radius 3 is 2.53 bits per heavy atom. The van der Waals surface area contributed by atoms with Crippen molar-refractivity contribution in [3.63, 3.8) is 0 Å². The number of rotatable bonds is 7. The number of thioether (sulfide) groups is 1. The molecule has 1 heterocycles. The van der Waals surface area contributed by atoms with Gasteiger partial charge in [-0.2, -0.15) is 0 Å². The predicted molar refractivity (Wildman–Crippen MR) is 75.4 cm³/mol. The molecule has 0 aliphatic heterocycles. The van der Waals surface area contributed by atoms with Crippen LogP contribution in [0.3, 0.4) is 0 Å². The molecule has 0 amide bonds. The van der Waals surface area contributed by atoms with Crippen molar-refractivity contribution in [2.75, 3.05) is 11.5 Å². The van der Waals surface area contributed by atoms with Gasteiger partial charge in [-0.3, -0.25) is 0 Å². The van der Waals surface area contributed by atoms with Crippen LogP contribution < -0.4 is 5.73 Å². The summed E-state index contributed by atoms with van der Waals surface area (Å²) in [6.45, 7) is 6.36. The zero-order valence-corrected chi connectivity index (χ0v) is 11.9. The average molecular weight is 253 g/mol. The Bertz CT molecular complexity index is 353. The first-order valence-electron chi connectivity index (χ1n) is 6.44. The van der Waals surface area contributed by atoms with Gasteiger partial charge >= 0.3 is 0 Å². The third-order valence-corrected chi connectivity index (χ3v) is 3.81. The lowest BCUT2D eigenvalue weighted by Crippen LogP contribution is -2.04. The van der Waals surface area contributed by atoms with E-state index in [4.69, 9.17) is 5.73 Å². The molecule has 4 heteroatoms. The van der Waals surface area contributed by atoms with E-state index in [0.29, 0.717) is 5.82 Å². The molecule has 3 nitrogen and oxygen atoms in total. The van der Waals surface area contributed by atoms with Crippen LogP contribution in [0.2, 0.25) is 0 Å². The van der Waals surface area contributed by atoms with Crippen LogP contribution in [0.25, 0.3) is 0 Å². The fourth-order valence-electron chi connectivity index (χ4n) is 1.56. The van der Waals surface area contributed by atoms with Crippen LogP contribution in [0, 0.1) is 6.92 Å². The number of nitrogen functional groups attached to an aromatic ring is 1. The van der Waals surface area contributed by atoms with Crippen LogP contribution in [-0.2, 0) is 6.42 Å². The number of nitrogens with zero attached hydrogens (tertiary/aromatic N) is 2. The summed E-state index contributed by atoms with van der Waals surface area (Å²) in [6, 6.07) is 0. The second kappa shape index (κ2) is 7.54. The molecule has 0 atom stereocenters.